The summed E-state index contributed by atoms with van der Waals surface area (Å²) < 4.78 is 0. The summed E-state index contributed by atoms with van der Waals surface area (Å²) in [5.41, 5.74) is 6.31. The largest absolute Gasteiger partial charge is 0.480 e. The van der Waals surface area contributed by atoms with Crippen molar-refractivity contribution in [3.63, 3.8) is 0 Å². The first kappa shape index (κ1) is 12.3. The number of imidazole rings is 1. The van der Waals surface area contributed by atoms with E-state index in [1.54, 1.807) is 12.4 Å². The SMILES string of the molecule is CC(N)(Cc1ccc(-c2ncc[nH]2)cc1)C(=O)O. The van der Waals surface area contributed by atoms with Crippen molar-refractivity contribution < 1.29 is 9.90 Å². The molecule has 94 valence electrons. The van der Waals surface area contributed by atoms with Gasteiger partial charge in [0.2, 0.25) is 0 Å². The van der Waals surface area contributed by atoms with Crippen LogP contribution in [0.3, 0.4) is 0 Å². The lowest BCUT2D eigenvalue weighted by molar-refractivity contribution is -0.142. The Hall–Kier alpha value is -2.14. The van der Waals surface area contributed by atoms with Crippen LogP contribution in [0, 0.1) is 0 Å². The molecule has 1 aromatic carbocycles. The molecule has 0 saturated carbocycles. The molecule has 0 spiro atoms. The number of hydrogen-bond acceptors (Lipinski definition) is 3. The van der Waals surface area contributed by atoms with Crippen LogP contribution in [0.2, 0.25) is 0 Å². The van der Waals surface area contributed by atoms with Gasteiger partial charge in [-0.2, -0.15) is 0 Å². The second-order valence-electron chi connectivity index (χ2n) is 4.53. The maximum absolute atomic E-state index is 10.9. The highest BCUT2D eigenvalue weighted by Crippen LogP contribution is 2.17. The Morgan fingerprint density at radius 1 is 1.44 bits per heavy atom. The molecule has 2 rings (SSSR count). The number of carboxylic acid groups (broad SMARTS) is 1. The lowest BCUT2D eigenvalue weighted by Crippen LogP contribution is -2.46. The van der Waals surface area contributed by atoms with E-state index in [0.29, 0.717) is 6.42 Å². The van der Waals surface area contributed by atoms with E-state index in [9.17, 15) is 4.79 Å². The van der Waals surface area contributed by atoms with Crippen molar-refractivity contribution in [3.8, 4) is 11.4 Å². The molecule has 0 aliphatic rings. The summed E-state index contributed by atoms with van der Waals surface area (Å²) in [5.74, 6) is -0.215. The van der Waals surface area contributed by atoms with Crippen LogP contribution in [0.4, 0.5) is 0 Å². The maximum atomic E-state index is 10.9. The van der Waals surface area contributed by atoms with E-state index in [1.807, 2.05) is 24.3 Å². The molecule has 18 heavy (non-hydrogen) atoms. The highest BCUT2D eigenvalue weighted by Gasteiger charge is 2.27. The van der Waals surface area contributed by atoms with Gasteiger partial charge in [0.25, 0.3) is 0 Å². The van der Waals surface area contributed by atoms with Gasteiger partial charge in [0.15, 0.2) is 0 Å². The molecule has 1 unspecified atom stereocenters. The Kier molecular flexibility index (Phi) is 3.16. The molecule has 5 nitrogen and oxygen atoms in total. The van der Waals surface area contributed by atoms with Crippen LogP contribution in [0.15, 0.2) is 36.7 Å². The van der Waals surface area contributed by atoms with Crippen LogP contribution in [0.25, 0.3) is 11.4 Å². The second kappa shape index (κ2) is 4.62. The summed E-state index contributed by atoms with van der Waals surface area (Å²) >= 11 is 0. The molecular formula is C13H15N3O2. The van der Waals surface area contributed by atoms with Crippen LogP contribution < -0.4 is 5.73 Å². The average Bonchev–Trinajstić information content (AvgIpc) is 2.83. The van der Waals surface area contributed by atoms with Gasteiger partial charge in [0.05, 0.1) is 0 Å². The van der Waals surface area contributed by atoms with Crippen LogP contribution >= 0.6 is 0 Å². The molecule has 0 fully saturated rings. The van der Waals surface area contributed by atoms with Gasteiger partial charge < -0.3 is 15.8 Å². The smallest absolute Gasteiger partial charge is 0.323 e. The molecule has 2 aromatic rings. The Morgan fingerprint density at radius 3 is 2.61 bits per heavy atom. The van der Waals surface area contributed by atoms with Gasteiger partial charge in [-0.15, -0.1) is 0 Å². The molecule has 0 aliphatic heterocycles. The minimum Gasteiger partial charge on any atom is -0.480 e. The first-order chi connectivity index (χ1) is 8.49. The molecule has 4 N–H and O–H groups in total. The summed E-state index contributed by atoms with van der Waals surface area (Å²) in [7, 11) is 0. The number of H-pyrrole nitrogens is 1. The molecule has 0 amide bonds. The van der Waals surface area contributed by atoms with Crippen LogP contribution in [-0.2, 0) is 11.2 Å². The van der Waals surface area contributed by atoms with Crippen LogP contribution in [0.1, 0.15) is 12.5 Å². The van der Waals surface area contributed by atoms with Gasteiger partial charge >= 0.3 is 5.97 Å². The van der Waals surface area contributed by atoms with Crippen LogP contribution in [0.5, 0.6) is 0 Å². The number of hydrogen-bond donors (Lipinski definition) is 3. The molecule has 0 bridgehead atoms. The first-order valence-corrected chi connectivity index (χ1v) is 5.60. The molecule has 0 saturated heterocycles. The number of aromatic amines is 1. The summed E-state index contributed by atoms with van der Waals surface area (Å²) in [6.07, 6.45) is 3.73. The van der Waals surface area contributed by atoms with Crippen LogP contribution in [-0.4, -0.2) is 26.6 Å². The number of rotatable bonds is 4. The number of carbonyl (C=O) groups is 1. The number of nitrogens with two attached hydrogens (primary N) is 1. The van der Waals surface area contributed by atoms with E-state index in [-0.39, 0.29) is 0 Å². The fraction of sp³-hybridized carbons (Fsp3) is 0.231. The predicted molar refractivity (Wildman–Crippen MR) is 68.0 cm³/mol. The van der Waals surface area contributed by atoms with E-state index in [1.165, 1.54) is 6.92 Å². The lowest BCUT2D eigenvalue weighted by Gasteiger charge is -2.19. The molecule has 1 heterocycles. The number of benzene rings is 1. The van der Waals surface area contributed by atoms with E-state index < -0.39 is 11.5 Å². The molecule has 1 atom stereocenters. The number of nitrogens with one attached hydrogen (secondary N) is 1. The Morgan fingerprint density at radius 2 is 2.11 bits per heavy atom. The Bertz CT molecular complexity index is 530. The number of aromatic nitrogens is 2. The molecule has 0 radical (unpaired) electrons. The quantitative estimate of drug-likeness (QED) is 0.759. The summed E-state index contributed by atoms with van der Waals surface area (Å²) in [4.78, 5) is 18.1. The van der Waals surface area contributed by atoms with Gasteiger partial charge in [0.1, 0.15) is 11.4 Å². The molecule has 5 heteroatoms. The molecule has 1 aromatic heterocycles. The fourth-order valence-electron chi connectivity index (χ4n) is 1.70. The zero-order valence-corrected chi connectivity index (χ0v) is 10.1. The molecule has 0 aliphatic carbocycles. The monoisotopic (exact) mass is 245 g/mol. The zero-order chi connectivity index (χ0) is 13.2. The van der Waals surface area contributed by atoms with Crippen molar-refractivity contribution >= 4 is 5.97 Å². The van der Waals surface area contributed by atoms with Gasteiger partial charge in [-0.3, -0.25) is 4.79 Å². The van der Waals surface area contributed by atoms with Crippen molar-refractivity contribution in [2.75, 3.05) is 0 Å². The predicted octanol–water partition coefficient (Wildman–Crippen LogP) is 1.42. The van der Waals surface area contributed by atoms with Crippen molar-refractivity contribution in [2.24, 2.45) is 5.73 Å². The highest BCUT2D eigenvalue weighted by atomic mass is 16.4. The third kappa shape index (κ3) is 2.57. The minimum atomic E-state index is -1.24. The van der Waals surface area contributed by atoms with Crippen molar-refractivity contribution in [3.05, 3.63) is 42.2 Å². The van der Waals surface area contributed by atoms with E-state index in [2.05, 4.69) is 9.97 Å². The summed E-state index contributed by atoms with van der Waals surface area (Å²) in [6, 6.07) is 7.52. The summed E-state index contributed by atoms with van der Waals surface area (Å²) in [5, 5.41) is 8.97. The van der Waals surface area contributed by atoms with Crippen molar-refractivity contribution in [1.29, 1.82) is 0 Å². The topological polar surface area (TPSA) is 92.0 Å². The first-order valence-electron chi connectivity index (χ1n) is 5.60. The van der Waals surface area contributed by atoms with Gasteiger partial charge in [-0.05, 0) is 12.5 Å². The Labute approximate surface area is 105 Å². The normalized spacial score (nSPS) is 14.1. The highest BCUT2D eigenvalue weighted by molar-refractivity contribution is 5.78. The van der Waals surface area contributed by atoms with E-state index in [4.69, 9.17) is 10.8 Å². The number of aliphatic carboxylic acids is 1. The van der Waals surface area contributed by atoms with Gasteiger partial charge in [-0.25, -0.2) is 4.98 Å². The third-order valence-corrected chi connectivity index (χ3v) is 2.79. The number of nitrogens with zero attached hydrogens (tertiary/aromatic N) is 1. The maximum Gasteiger partial charge on any atom is 0.323 e. The van der Waals surface area contributed by atoms with Gasteiger partial charge in [0, 0.05) is 24.4 Å². The standard InChI is InChI=1S/C13H15N3O2/c1-13(14,12(17)18)8-9-2-4-10(5-3-9)11-15-6-7-16-11/h2-7H,8,14H2,1H3,(H,15,16)(H,17,18). The third-order valence-electron chi connectivity index (χ3n) is 2.79. The van der Waals surface area contributed by atoms with E-state index >= 15 is 0 Å². The van der Waals surface area contributed by atoms with E-state index in [0.717, 1.165) is 17.0 Å². The van der Waals surface area contributed by atoms with Crippen molar-refractivity contribution in [2.45, 2.75) is 18.9 Å². The summed E-state index contributed by atoms with van der Waals surface area (Å²) in [6.45, 7) is 1.51. The minimum absolute atomic E-state index is 0.292. The molecular weight excluding hydrogens is 230 g/mol. The number of carboxylic acids is 1. The van der Waals surface area contributed by atoms with Gasteiger partial charge in [-0.1, -0.05) is 24.3 Å². The fourth-order valence-corrected chi connectivity index (χ4v) is 1.70. The Balaban J connectivity index is 2.16. The lowest BCUT2D eigenvalue weighted by atomic mass is 9.93. The zero-order valence-electron chi connectivity index (χ0n) is 10.1. The van der Waals surface area contributed by atoms with Crippen molar-refractivity contribution in [1.82, 2.24) is 9.97 Å². The second-order valence-corrected chi connectivity index (χ2v) is 4.53. The average molecular weight is 245 g/mol.